The second-order valence-corrected chi connectivity index (χ2v) is 6.20. The Morgan fingerprint density at radius 2 is 1.94 bits per heavy atom. The summed E-state index contributed by atoms with van der Waals surface area (Å²) in [4.78, 5) is 2.74. The standard InChI is InChI=1S/C14H26N2/c1-2-11-5-7-16(8-6-11)10-12-9-13-3-4-14(12)15-13/h11-15H,2-10H2,1H3. The van der Waals surface area contributed by atoms with Crippen molar-refractivity contribution in [2.45, 2.75) is 57.5 Å². The summed E-state index contributed by atoms with van der Waals surface area (Å²) in [6.45, 7) is 6.46. The van der Waals surface area contributed by atoms with E-state index in [2.05, 4.69) is 17.1 Å². The van der Waals surface area contributed by atoms with Crippen molar-refractivity contribution in [2.75, 3.05) is 19.6 Å². The molecule has 1 N–H and O–H groups in total. The molecule has 2 bridgehead atoms. The molecular formula is C14H26N2. The first-order chi connectivity index (χ1) is 7.85. The van der Waals surface area contributed by atoms with E-state index in [1.54, 1.807) is 0 Å². The number of nitrogens with one attached hydrogen (secondary N) is 1. The van der Waals surface area contributed by atoms with E-state index in [4.69, 9.17) is 0 Å². The third-order valence-corrected chi connectivity index (χ3v) is 5.21. The number of nitrogens with zero attached hydrogens (tertiary/aromatic N) is 1. The van der Waals surface area contributed by atoms with Crippen molar-refractivity contribution in [1.82, 2.24) is 10.2 Å². The van der Waals surface area contributed by atoms with E-state index in [-0.39, 0.29) is 0 Å². The van der Waals surface area contributed by atoms with Gasteiger partial charge < -0.3 is 10.2 Å². The van der Waals surface area contributed by atoms with Crippen LogP contribution in [0.15, 0.2) is 0 Å². The van der Waals surface area contributed by atoms with Gasteiger partial charge in [-0.25, -0.2) is 0 Å². The van der Waals surface area contributed by atoms with Gasteiger partial charge >= 0.3 is 0 Å². The Balaban J connectivity index is 1.46. The average Bonchev–Trinajstić information content (AvgIpc) is 2.92. The van der Waals surface area contributed by atoms with E-state index in [0.717, 1.165) is 23.9 Å². The van der Waals surface area contributed by atoms with Gasteiger partial charge in [0, 0.05) is 18.6 Å². The number of fused-ring (bicyclic) bond motifs is 2. The molecule has 3 aliphatic heterocycles. The average molecular weight is 222 g/mol. The van der Waals surface area contributed by atoms with Gasteiger partial charge in [0.05, 0.1) is 0 Å². The molecule has 3 atom stereocenters. The number of hydrogen-bond donors (Lipinski definition) is 1. The highest BCUT2D eigenvalue weighted by Crippen LogP contribution is 2.34. The topological polar surface area (TPSA) is 15.3 Å². The summed E-state index contributed by atoms with van der Waals surface area (Å²) in [6.07, 6.45) is 8.64. The van der Waals surface area contributed by atoms with Gasteiger partial charge in [0.1, 0.15) is 0 Å². The fourth-order valence-electron chi connectivity index (χ4n) is 4.05. The van der Waals surface area contributed by atoms with Crippen LogP contribution in [0.5, 0.6) is 0 Å². The van der Waals surface area contributed by atoms with E-state index in [9.17, 15) is 0 Å². The third kappa shape index (κ3) is 2.14. The zero-order chi connectivity index (χ0) is 11.0. The fraction of sp³-hybridized carbons (Fsp3) is 1.00. The number of likely N-dealkylation sites (tertiary alicyclic amines) is 1. The Morgan fingerprint density at radius 1 is 1.12 bits per heavy atom. The summed E-state index contributed by atoms with van der Waals surface area (Å²) in [7, 11) is 0. The molecule has 16 heavy (non-hydrogen) atoms. The first-order valence-electron chi connectivity index (χ1n) is 7.33. The van der Waals surface area contributed by atoms with Crippen molar-refractivity contribution in [1.29, 1.82) is 0 Å². The summed E-state index contributed by atoms with van der Waals surface area (Å²) in [5.74, 6) is 1.99. The molecule has 3 fully saturated rings. The van der Waals surface area contributed by atoms with Gasteiger partial charge in [0.2, 0.25) is 0 Å². The van der Waals surface area contributed by atoms with E-state index >= 15 is 0 Å². The lowest BCUT2D eigenvalue weighted by Crippen LogP contribution is -2.40. The summed E-state index contributed by atoms with van der Waals surface area (Å²) < 4.78 is 0. The molecule has 3 unspecified atom stereocenters. The number of piperidine rings is 1. The van der Waals surface area contributed by atoms with Gasteiger partial charge in [-0.1, -0.05) is 13.3 Å². The molecule has 3 heterocycles. The maximum absolute atomic E-state index is 3.76. The van der Waals surface area contributed by atoms with Crippen LogP contribution in [0.3, 0.4) is 0 Å². The van der Waals surface area contributed by atoms with Gasteiger partial charge in [0.25, 0.3) is 0 Å². The molecule has 0 aromatic carbocycles. The summed E-state index contributed by atoms with van der Waals surface area (Å²) >= 11 is 0. The maximum Gasteiger partial charge on any atom is 0.0111 e. The van der Waals surface area contributed by atoms with E-state index < -0.39 is 0 Å². The molecule has 3 aliphatic rings. The van der Waals surface area contributed by atoms with Crippen molar-refractivity contribution in [2.24, 2.45) is 11.8 Å². The van der Waals surface area contributed by atoms with Crippen molar-refractivity contribution in [3.63, 3.8) is 0 Å². The molecule has 0 radical (unpaired) electrons. The zero-order valence-electron chi connectivity index (χ0n) is 10.6. The van der Waals surface area contributed by atoms with E-state index in [1.807, 2.05) is 0 Å². The minimum atomic E-state index is 0.869. The predicted molar refractivity (Wildman–Crippen MR) is 67.5 cm³/mol. The Bertz CT molecular complexity index is 233. The highest BCUT2D eigenvalue weighted by atomic mass is 15.1. The van der Waals surface area contributed by atoms with Crippen LogP contribution in [0.1, 0.15) is 45.4 Å². The van der Waals surface area contributed by atoms with Crippen molar-refractivity contribution >= 4 is 0 Å². The van der Waals surface area contributed by atoms with Crippen LogP contribution in [-0.4, -0.2) is 36.6 Å². The zero-order valence-corrected chi connectivity index (χ0v) is 10.6. The van der Waals surface area contributed by atoms with Gasteiger partial charge in [-0.15, -0.1) is 0 Å². The SMILES string of the molecule is CCC1CCN(CC2CC3CCC2N3)CC1. The quantitative estimate of drug-likeness (QED) is 0.788. The van der Waals surface area contributed by atoms with Gasteiger partial charge in [-0.05, 0) is 57.0 Å². The first kappa shape index (κ1) is 11.0. The molecule has 0 amide bonds. The van der Waals surface area contributed by atoms with Crippen molar-refractivity contribution in [3.8, 4) is 0 Å². The van der Waals surface area contributed by atoms with Crippen LogP contribution in [0, 0.1) is 11.8 Å². The molecule has 92 valence electrons. The molecular weight excluding hydrogens is 196 g/mol. The minimum Gasteiger partial charge on any atom is -0.311 e. The van der Waals surface area contributed by atoms with Crippen LogP contribution >= 0.6 is 0 Å². The van der Waals surface area contributed by atoms with Crippen LogP contribution in [0.4, 0.5) is 0 Å². The molecule has 2 heteroatoms. The lowest BCUT2D eigenvalue weighted by Gasteiger charge is -2.34. The lowest BCUT2D eigenvalue weighted by molar-refractivity contribution is 0.149. The largest absolute Gasteiger partial charge is 0.311 e. The molecule has 0 aromatic rings. The fourth-order valence-corrected chi connectivity index (χ4v) is 4.05. The molecule has 0 saturated carbocycles. The smallest absolute Gasteiger partial charge is 0.0111 e. The molecule has 0 aromatic heterocycles. The Hall–Kier alpha value is -0.0800. The van der Waals surface area contributed by atoms with Crippen molar-refractivity contribution < 1.29 is 0 Å². The van der Waals surface area contributed by atoms with E-state index in [1.165, 1.54) is 58.2 Å². The maximum atomic E-state index is 3.76. The normalized spacial score (nSPS) is 40.7. The minimum absolute atomic E-state index is 0.869. The third-order valence-electron chi connectivity index (χ3n) is 5.21. The summed E-state index contributed by atoms with van der Waals surface area (Å²) in [5.41, 5.74) is 0. The lowest BCUT2D eigenvalue weighted by atomic mass is 9.87. The Kier molecular flexibility index (Phi) is 3.21. The highest BCUT2D eigenvalue weighted by molar-refractivity contribution is 4.98. The second-order valence-electron chi connectivity index (χ2n) is 6.20. The van der Waals surface area contributed by atoms with Crippen LogP contribution in [-0.2, 0) is 0 Å². The van der Waals surface area contributed by atoms with Gasteiger partial charge in [-0.2, -0.15) is 0 Å². The molecule has 2 nitrogen and oxygen atoms in total. The summed E-state index contributed by atoms with van der Waals surface area (Å²) in [5, 5.41) is 3.76. The van der Waals surface area contributed by atoms with Gasteiger partial charge in [-0.3, -0.25) is 0 Å². The predicted octanol–water partition coefficient (Wildman–Crippen LogP) is 2.25. The highest BCUT2D eigenvalue weighted by Gasteiger charge is 2.39. The van der Waals surface area contributed by atoms with Crippen LogP contribution in [0.2, 0.25) is 0 Å². The second kappa shape index (κ2) is 4.66. The number of hydrogen-bond acceptors (Lipinski definition) is 2. The van der Waals surface area contributed by atoms with Crippen molar-refractivity contribution in [3.05, 3.63) is 0 Å². The molecule has 3 rings (SSSR count). The molecule has 3 saturated heterocycles. The van der Waals surface area contributed by atoms with Gasteiger partial charge in [0.15, 0.2) is 0 Å². The molecule has 0 spiro atoms. The van der Waals surface area contributed by atoms with Crippen LogP contribution < -0.4 is 5.32 Å². The van der Waals surface area contributed by atoms with E-state index in [0.29, 0.717) is 0 Å². The Labute approximate surface area is 99.8 Å². The van der Waals surface area contributed by atoms with Crippen LogP contribution in [0.25, 0.3) is 0 Å². The molecule has 0 aliphatic carbocycles. The number of rotatable bonds is 3. The summed E-state index contributed by atoms with van der Waals surface area (Å²) in [6, 6.07) is 1.75. The first-order valence-corrected chi connectivity index (χ1v) is 7.33. The monoisotopic (exact) mass is 222 g/mol. The Morgan fingerprint density at radius 3 is 2.50 bits per heavy atom.